The maximum absolute atomic E-state index is 14.1. The van der Waals surface area contributed by atoms with Crippen molar-refractivity contribution < 1.29 is 14.3 Å². The highest BCUT2D eigenvalue weighted by molar-refractivity contribution is 8.18. The molecular formula is C34H39N3O3S2. The number of amides is 1. The Balaban J connectivity index is 1.40. The van der Waals surface area contributed by atoms with Gasteiger partial charge in [-0.15, -0.1) is 11.3 Å². The quantitative estimate of drug-likeness (QED) is 0.210. The lowest BCUT2D eigenvalue weighted by Crippen LogP contribution is -2.44. The van der Waals surface area contributed by atoms with E-state index in [-0.39, 0.29) is 17.9 Å². The van der Waals surface area contributed by atoms with E-state index in [0.717, 1.165) is 88.9 Å². The van der Waals surface area contributed by atoms with E-state index in [4.69, 9.17) is 9.73 Å². The van der Waals surface area contributed by atoms with Crippen LogP contribution >= 0.6 is 23.1 Å². The number of aromatic nitrogens is 1. The third-order valence-corrected chi connectivity index (χ3v) is 11.1. The molecule has 8 heteroatoms. The average Bonchev–Trinajstić information content (AvgIpc) is 3.60. The van der Waals surface area contributed by atoms with Gasteiger partial charge in [0.2, 0.25) is 0 Å². The lowest BCUT2D eigenvalue weighted by Gasteiger charge is -2.35. The first-order valence-electron chi connectivity index (χ1n) is 15.2. The maximum atomic E-state index is 14.1. The number of esters is 1. The van der Waals surface area contributed by atoms with Crippen molar-refractivity contribution in [1.82, 2.24) is 9.47 Å². The molecule has 0 unspecified atom stereocenters. The van der Waals surface area contributed by atoms with E-state index in [1.165, 1.54) is 23.1 Å². The molecule has 1 saturated heterocycles. The van der Waals surface area contributed by atoms with Crippen molar-refractivity contribution in [3.8, 4) is 5.00 Å². The van der Waals surface area contributed by atoms with E-state index in [1.54, 1.807) is 11.3 Å². The number of carbonyl (C=O) groups is 2. The molecule has 1 saturated carbocycles. The molecule has 0 bridgehead atoms. The molecule has 42 heavy (non-hydrogen) atoms. The molecule has 0 spiro atoms. The molecule has 6 nitrogen and oxygen atoms in total. The summed E-state index contributed by atoms with van der Waals surface area (Å²) < 4.78 is 7.72. The fourth-order valence-corrected chi connectivity index (χ4v) is 9.18. The van der Waals surface area contributed by atoms with E-state index in [0.29, 0.717) is 17.4 Å². The topological polar surface area (TPSA) is 63.9 Å². The first kappa shape index (κ1) is 29.0. The van der Waals surface area contributed by atoms with Gasteiger partial charge in [0.05, 0.1) is 22.8 Å². The Labute approximate surface area is 256 Å². The van der Waals surface area contributed by atoms with Crippen LogP contribution in [0.5, 0.6) is 0 Å². The van der Waals surface area contributed by atoms with Crippen LogP contribution in [0.4, 0.5) is 5.69 Å². The van der Waals surface area contributed by atoms with Crippen LogP contribution in [0.25, 0.3) is 11.1 Å². The van der Waals surface area contributed by atoms with Crippen LogP contribution in [0.15, 0.2) is 46.3 Å². The summed E-state index contributed by atoms with van der Waals surface area (Å²) in [7, 11) is 0. The van der Waals surface area contributed by atoms with Crippen LogP contribution in [0.3, 0.4) is 0 Å². The van der Waals surface area contributed by atoms with Crippen LogP contribution in [0.1, 0.15) is 90.1 Å². The molecule has 3 aromatic rings. The summed E-state index contributed by atoms with van der Waals surface area (Å²) >= 11 is 3.19. The van der Waals surface area contributed by atoms with Crippen molar-refractivity contribution in [3.05, 3.63) is 74.3 Å². The molecule has 1 aliphatic heterocycles. The summed E-state index contributed by atoms with van der Waals surface area (Å²) in [6, 6.07) is 12.2. The third kappa shape index (κ3) is 5.39. The number of aliphatic imine (C=N–C) groups is 1. The van der Waals surface area contributed by atoms with Crippen molar-refractivity contribution in [1.29, 1.82) is 0 Å². The standard InChI is InChI=1S/C34H39N3O3S2/c1-5-40-33(39)30-26-16-10-12-18-28(26)41-32(30)36-22(3)19-24(23(36)4)20-29-31(38)37(27-17-11-9-13-21(27)2)34(42-29)35-25-14-7-6-8-15-25/h6-8,14-15,19-21,27H,5,9-13,16-18H2,1-4H3/b29-20-,35-34?/t21-,27+/m0/s1. The van der Waals surface area contributed by atoms with Crippen molar-refractivity contribution in [3.63, 3.8) is 0 Å². The summed E-state index contributed by atoms with van der Waals surface area (Å²) in [5.41, 5.74) is 5.78. The lowest BCUT2D eigenvalue weighted by molar-refractivity contribution is -0.124. The van der Waals surface area contributed by atoms with Gasteiger partial charge in [-0.3, -0.25) is 9.69 Å². The molecule has 0 radical (unpaired) electrons. The first-order valence-corrected chi connectivity index (χ1v) is 16.9. The van der Waals surface area contributed by atoms with Gasteiger partial charge in [-0.25, -0.2) is 9.79 Å². The minimum atomic E-state index is -0.236. The molecule has 0 N–H and O–H groups in total. The average molecular weight is 602 g/mol. The molecule has 3 aliphatic rings. The van der Waals surface area contributed by atoms with Crippen molar-refractivity contribution in [2.75, 3.05) is 6.61 Å². The molecule has 2 aliphatic carbocycles. The number of rotatable bonds is 6. The zero-order valence-electron chi connectivity index (χ0n) is 24.9. The normalized spacial score (nSPS) is 22.7. The molecule has 220 valence electrons. The fraction of sp³-hybridized carbons (Fsp3) is 0.441. The second-order valence-corrected chi connectivity index (χ2v) is 13.7. The van der Waals surface area contributed by atoms with Gasteiger partial charge >= 0.3 is 5.97 Å². The molecule has 2 atom stereocenters. The van der Waals surface area contributed by atoms with E-state index in [1.807, 2.05) is 48.2 Å². The SMILES string of the molecule is CCOC(=O)c1c(-n2c(C)cc(/C=C3\SC(=Nc4ccccc4)N([C@@H]4CCCC[C@@H]4C)C3=O)c2C)sc2c1CCCC2. The number of amidine groups is 1. The van der Waals surface area contributed by atoms with Crippen molar-refractivity contribution in [2.24, 2.45) is 10.9 Å². The van der Waals surface area contributed by atoms with Gasteiger partial charge in [0.15, 0.2) is 5.17 Å². The molecule has 1 amide bonds. The van der Waals surface area contributed by atoms with E-state index in [2.05, 4.69) is 31.4 Å². The predicted molar refractivity (Wildman–Crippen MR) is 173 cm³/mol. The van der Waals surface area contributed by atoms with Gasteiger partial charge in [0, 0.05) is 22.3 Å². The Morgan fingerprint density at radius 2 is 1.86 bits per heavy atom. The molecule has 1 aromatic carbocycles. The summed E-state index contributed by atoms with van der Waals surface area (Å²) in [5, 5.41) is 1.70. The number of hydrogen-bond donors (Lipinski definition) is 0. The first-order chi connectivity index (χ1) is 20.4. The fourth-order valence-electron chi connectivity index (χ4n) is 6.66. The van der Waals surface area contributed by atoms with Gasteiger partial charge in [-0.05, 0) is 112 Å². The van der Waals surface area contributed by atoms with Crippen molar-refractivity contribution in [2.45, 2.75) is 85.1 Å². The summed E-state index contributed by atoms with van der Waals surface area (Å²) in [6.07, 6.45) is 10.7. The summed E-state index contributed by atoms with van der Waals surface area (Å²) in [5.74, 6) is 0.233. The Hall–Kier alpha value is -3.10. The Kier molecular flexibility index (Phi) is 8.46. The molecule has 3 heterocycles. The Bertz CT molecular complexity index is 1570. The monoisotopic (exact) mass is 601 g/mol. The number of fused-ring (bicyclic) bond motifs is 1. The van der Waals surface area contributed by atoms with Crippen molar-refractivity contribution >= 4 is 51.9 Å². The second kappa shape index (κ2) is 12.3. The van der Waals surface area contributed by atoms with E-state index < -0.39 is 0 Å². The summed E-state index contributed by atoms with van der Waals surface area (Å²) in [6.45, 7) is 8.63. The number of thioether (sulfide) groups is 1. The van der Waals surface area contributed by atoms with E-state index in [9.17, 15) is 9.59 Å². The van der Waals surface area contributed by atoms with Gasteiger partial charge < -0.3 is 9.30 Å². The largest absolute Gasteiger partial charge is 0.462 e. The third-order valence-electron chi connectivity index (χ3n) is 8.81. The Morgan fingerprint density at radius 1 is 1.10 bits per heavy atom. The van der Waals surface area contributed by atoms with Gasteiger partial charge in [0.1, 0.15) is 5.00 Å². The van der Waals surface area contributed by atoms with Gasteiger partial charge in [0.25, 0.3) is 5.91 Å². The maximum Gasteiger partial charge on any atom is 0.341 e. The minimum Gasteiger partial charge on any atom is -0.462 e. The van der Waals surface area contributed by atoms with Gasteiger partial charge in [-0.2, -0.15) is 0 Å². The zero-order chi connectivity index (χ0) is 29.4. The highest BCUT2D eigenvalue weighted by Gasteiger charge is 2.41. The number of hydrogen-bond acceptors (Lipinski definition) is 6. The number of thiophene rings is 1. The number of carbonyl (C=O) groups excluding carboxylic acids is 2. The van der Waals surface area contributed by atoms with Crippen LogP contribution in [-0.2, 0) is 22.4 Å². The molecule has 6 rings (SSSR count). The summed E-state index contributed by atoms with van der Waals surface area (Å²) in [4.78, 5) is 36.2. The number of para-hydroxylation sites is 1. The smallest absolute Gasteiger partial charge is 0.341 e. The number of aryl methyl sites for hydroxylation is 2. The van der Waals surface area contributed by atoms with Crippen LogP contribution in [-0.4, -0.2) is 39.2 Å². The van der Waals surface area contributed by atoms with Gasteiger partial charge in [-0.1, -0.05) is 38.0 Å². The molecule has 2 aromatic heterocycles. The Morgan fingerprint density at radius 3 is 2.62 bits per heavy atom. The van der Waals surface area contributed by atoms with Crippen LogP contribution in [0, 0.1) is 19.8 Å². The van der Waals surface area contributed by atoms with E-state index >= 15 is 0 Å². The lowest BCUT2D eigenvalue weighted by atomic mass is 9.85. The minimum absolute atomic E-state index is 0.0389. The number of benzene rings is 1. The van der Waals surface area contributed by atoms with Crippen LogP contribution < -0.4 is 0 Å². The highest BCUT2D eigenvalue weighted by Crippen LogP contribution is 2.42. The van der Waals surface area contributed by atoms with Crippen LogP contribution in [0.2, 0.25) is 0 Å². The zero-order valence-corrected chi connectivity index (χ0v) is 26.6. The molecular weight excluding hydrogens is 563 g/mol. The second-order valence-electron chi connectivity index (χ2n) is 11.6. The number of nitrogens with zero attached hydrogens (tertiary/aromatic N) is 3. The predicted octanol–water partition coefficient (Wildman–Crippen LogP) is 8.39. The number of ether oxygens (including phenoxy) is 1. The molecule has 2 fully saturated rings. The highest BCUT2D eigenvalue weighted by atomic mass is 32.2.